The Morgan fingerprint density at radius 1 is 1.23 bits per heavy atom. The van der Waals surface area contributed by atoms with Crippen LogP contribution in [0.15, 0.2) is 47.3 Å². The first kappa shape index (κ1) is 18.9. The van der Waals surface area contributed by atoms with Gasteiger partial charge in [0.25, 0.3) is 5.91 Å². The van der Waals surface area contributed by atoms with Crippen molar-refractivity contribution in [2.45, 2.75) is 25.9 Å². The summed E-state index contributed by atoms with van der Waals surface area (Å²) in [5, 5.41) is 12.3. The van der Waals surface area contributed by atoms with Gasteiger partial charge >= 0.3 is 0 Å². The van der Waals surface area contributed by atoms with Gasteiger partial charge in [-0.15, -0.1) is 0 Å². The highest BCUT2D eigenvalue weighted by Gasteiger charge is 2.31. The summed E-state index contributed by atoms with van der Waals surface area (Å²) in [5.41, 5.74) is -0.00469. The van der Waals surface area contributed by atoms with Gasteiger partial charge in [0.15, 0.2) is 5.82 Å². The maximum absolute atomic E-state index is 12.7. The zero-order valence-corrected chi connectivity index (χ0v) is 17.2. The average Bonchev–Trinajstić information content (AvgIpc) is 3.16. The molecule has 0 saturated heterocycles. The SMILES string of the molecule is CC(C)(C(=O)Nc1nn(Cc2ccccc2Cl)cc1Cl)n1cc(Br)cn1. The molecule has 0 unspecified atom stereocenters. The lowest BCUT2D eigenvalue weighted by atomic mass is 10.1. The van der Waals surface area contributed by atoms with Gasteiger partial charge in [0.1, 0.15) is 10.6 Å². The summed E-state index contributed by atoms with van der Waals surface area (Å²) < 4.78 is 4.00. The number of anilines is 1. The van der Waals surface area contributed by atoms with Crippen molar-refractivity contribution in [2.24, 2.45) is 0 Å². The summed E-state index contributed by atoms with van der Waals surface area (Å²) in [7, 11) is 0. The van der Waals surface area contributed by atoms with Crippen LogP contribution in [0.5, 0.6) is 0 Å². The largest absolute Gasteiger partial charge is 0.306 e. The van der Waals surface area contributed by atoms with Crippen molar-refractivity contribution in [1.29, 1.82) is 0 Å². The molecule has 1 aromatic carbocycles. The number of nitrogens with zero attached hydrogens (tertiary/aromatic N) is 4. The number of halogens is 3. The molecule has 0 spiro atoms. The standard InChI is InChI=1S/C17H16BrCl2N5O/c1-17(2,25-9-12(18)7-21-25)16(26)22-15-14(20)10-24(23-15)8-11-5-3-4-6-13(11)19/h3-7,9-10H,8H2,1-2H3,(H,22,23,26). The molecule has 3 rings (SSSR count). The van der Waals surface area contributed by atoms with Crippen molar-refractivity contribution in [2.75, 3.05) is 5.32 Å². The molecule has 0 radical (unpaired) electrons. The van der Waals surface area contributed by atoms with Crippen LogP contribution in [0.25, 0.3) is 0 Å². The molecular formula is C17H16BrCl2N5O. The number of carbonyl (C=O) groups excluding carboxylic acids is 1. The Labute approximate surface area is 169 Å². The predicted molar refractivity (Wildman–Crippen MR) is 106 cm³/mol. The number of hydrogen-bond donors (Lipinski definition) is 1. The molecule has 2 aromatic heterocycles. The van der Waals surface area contributed by atoms with Crippen LogP contribution in [0, 0.1) is 0 Å². The van der Waals surface area contributed by atoms with Crippen molar-refractivity contribution in [3.05, 3.63) is 62.9 Å². The lowest BCUT2D eigenvalue weighted by molar-refractivity contribution is -0.123. The molecule has 26 heavy (non-hydrogen) atoms. The molecule has 0 atom stereocenters. The molecule has 3 aromatic rings. The first-order valence-electron chi connectivity index (χ1n) is 7.76. The Balaban J connectivity index is 1.77. The van der Waals surface area contributed by atoms with Gasteiger partial charge in [-0.2, -0.15) is 10.2 Å². The van der Waals surface area contributed by atoms with E-state index in [0.29, 0.717) is 22.4 Å². The summed E-state index contributed by atoms with van der Waals surface area (Å²) in [6.07, 6.45) is 5.01. The zero-order valence-electron chi connectivity index (χ0n) is 14.1. The third kappa shape index (κ3) is 3.95. The van der Waals surface area contributed by atoms with Crippen molar-refractivity contribution in [3.8, 4) is 0 Å². The summed E-state index contributed by atoms with van der Waals surface area (Å²) >= 11 is 15.7. The van der Waals surface area contributed by atoms with Crippen molar-refractivity contribution in [1.82, 2.24) is 19.6 Å². The number of amides is 1. The van der Waals surface area contributed by atoms with Crippen LogP contribution in [0.3, 0.4) is 0 Å². The minimum atomic E-state index is -0.915. The van der Waals surface area contributed by atoms with Gasteiger partial charge in [-0.05, 0) is 41.4 Å². The lowest BCUT2D eigenvalue weighted by Gasteiger charge is -2.23. The van der Waals surface area contributed by atoms with E-state index in [1.54, 1.807) is 41.8 Å². The first-order valence-corrected chi connectivity index (χ1v) is 9.30. The lowest BCUT2D eigenvalue weighted by Crippen LogP contribution is -2.40. The monoisotopic (exact) mass is 455 g/mol. The number of benzene rings is 1. The zero-order chi connectivity index (χ0) is 18.9. The number of nitrogens with one attached hydrogen (secondary N) is 1. The quantitative estimate of drug-likeness (QED) is 0.611. The minimum Gasteiger partial charge on any atom is -0.306 e. The van der Waals surface area contributed by atoms with Crippen LogP contribution in [-0.2, 0) is 16.9 Å². The normalized spacial score (nSPS) is 11.6. The highest BCUT2D eigenvalue weighted by atomic mass is 79.9. The predicted octanol–water partition coefficient (Wildman–Crippen LogP) is 4.57. The molecule has 0 saturated carbocycles. The first-order chi connectivity index (χ1) is 12.3. The third-order valence-corrected chi connectivity index (χ3v) is 4.97. The van der Waals surface area contributed by atoms with Gasteiger partial charge in [-0.3, -0.25) is 14.2 Å². The van der Waals surface area contributed by atoms with E-state index in [2.05, 4.69) is 31.4 Å². The minimum absolute atomic E-state index is 0.280. The molecule has 0 bridgehead atoms. The number of carbonyl (C=O) groups is 1. The summed E-state index contributed by atoms with van der Waals surface area (Å²) in [4.78, 5) is 12.7. The van der Waals surface area contributed by atoms with Crippen molar-refractivity contribution < 1.29 is 4.79 Å². The smallest absolute Gasteiger partial charge is 0.253 e. The number of aromatic nitrogens is 4. The average molecular weight is 457 g/mol. The van der Waals surface area contributed by atoms with E-state index in [1.165, 1.54) is 0 Å². The maximum Gasteiger partial charge on any atom is 0.253 e. The second-order valence-electron chi connectivity index (χ2n) is 6.23. The Bertz CT molecular complexity index is 950. The second-order valence-corrected chi connectivity index (χ2v) is 7.96. The van der Waals surface area contributed by atoms with Gasteiger partial charge in [0.2, 0.25) is 0 Å². The second kappa shape index (κ2) is 7.42. The van der Waals surface area contributed by atoms with E-state index in [4.69, 9.17) is 23.2 Å². The highest BCUT2D eigenvalue weighted by molar-refractivity contribution is 9.10. The molecule has 9 heteroatoms. The summed E-state index contributed by atoms with van der Waals surface area (Å²) in [6.45, 7) is 3.97. The number of rotatable bonds is 5. The fraction of sp³-hybridized carbons (Fsp3) is 0.235. The fourth-order valence-corrected chi connectivity index (χ4v) is 3.01. The Morgan fingerprint density at radius 3 is 2.62 bits per heavy atom. The van der Waals surface area contributed by atoms with Crippen LogP contribution < -0.4 is 5.32 Å². The maximum atomic E-state index is 12.7. The summed E-state index contributed by atoms with van der Waals surface area (Å²) in [5.74, 6) is 0.0148. The molecule has 2 heterocycles. The summed E-state index contributed by atoms with van der Waals surface area (Å²) in [6, 6.07) is 7.49. The van der Waals surface area contributed by atoms with E-state index in [1.807, 2.05) is 24.3 Å². The number of hydrogen-bond acceptors (Lipinski definition) is 3. The van der Waals surface area contributed by atoms with Crippen molar-refractivity contribution in [3.63, 3.8) is 0 Å². The topological polar surface area (TPSA) is 64.7 Å². The van der Waals surface area contributed by atoms with Gasteiger partial charge in [-0.1, -0.05) is 41.4 Å². The van der Waals surface area contributed by atoms with Crippen LogP contribution in [-0.4, -0.2) is 25.5 Å². The highest BCUT2D eigenvalue weighted by Crippen LogP contribution is 2.25. The van der Waals surface area contributed by atoms with Gasteiger partial charge in [0, 0.05) is 17.4 Å². The van der Waals surface area contributed by atoms with E-state index < -0.39 is 5.54 Å². The van der Waals surface area contributed by atoms with Gasteiger partial charge < -0.3 is 5.32 Å². The van der Waals surface area contributed by atoms with E-state index >= 15 is 0 Å². The molecule has 1 N–H and O–H groups in total. The van der Waals surface area contributed by atoms with E-state index in [-0.39, 0.29) is 5.91 Å². The molecular weight excluding hydrogens is 441 g/mol. The molecule has 0 aliphatic carbocycles. The Morgan fingerprint density at radius 2 is 1.96 bits per heavy atom. The molecule has 136 valence electrons. The molecule has 6 nitrogen and oxygen atoms in total. The van der Waals surface area contributed by atoms with Gasteiger partial charge in [0.05, 0.1) is 17.2 Å². The molecule has 0 aliphatic heterocycles. The molecule has 0 aliphatic rings. The van der Waals surface area contributed by atoms with Crippen LogP contribution in [0.1, 0.15) is 19.4 Å². The van der Waals surface area contributed by atoms with Crippen molar-refractivity contribution >= 4 is 50.9 Å². The van der Waals surface area contributed by atoms with E-state index in [0.717, 1.165) is 10.0 Å². The van der Waals surface area contributed by atoms with Crippen LogP contribution in [0.4, 0.5) is 5.82 Å². The van der Waals surface area contributed by atoms with Crippen LogP contribution in [0.2, 0.25) is 10.0 Å². The Kier molecular flexibility index (Phi) is 5.41. The Hall–Kier alpha value is -1.83. The molecule has 1 amide bonds. The fourth-order valence-electron chi connectivity index (χ4n) is 2.33. The molecule has 0 fully saturated rings. The van der Waals surface area contributed by atoms with Crippen LogP contribution >= 0.6 is 39.1 Å². The third-order valence-electron chi connectivity index (χ3n) is 3.92. The van der Waals surface area contributed by atoms with Gasteiger partial charge in [-0.25, -0.2) is 0 Å². The van der Waals surface area contributed by atoms with E-state index in [9.17, 15) is 4.79 Å².